The highest BCUT2D eigenvalue weighted by Gasteiger charge is 2.39. The Hall–Kier alpha value is -0.560. The maximum absolute atomic E-state index is 12.4. The molecule has 0 aromatic carbocycles. The van der Waals surface area contributed by atoms with E-state index in [4.69, 9.17) is 5.11 Å². The van der Waals surface area contributed by atoms with Gasteiger partial charge in [-0.25, -0.2) is 9.59 Å². The molecule has 0 radical (unpaired) electrons. The van der Waals surface area contributed by atoms with Crippen molar-refractivity contribution in [3.8, 4) is 0 Å². The van der Waals surface area contributed by atoms with E-state index in [9.17, 15) is 9.59 Å². The second-order valence-corrected chi connectivity index (χ2v) is 7.10. The van der Waals surface area contributed by atoms with Gasteiger partial charge in [-0.05, 0) is 6.92 Å². The van der Waals surface area contributed by atoms with E-state index >= 15 is 0 Å². The van der Waals surface area contributed by atoms with E-state index in [1.807, 2.05) is 23.6 Å². The van der Waals surface area contributed by atoms with E-state index in [1.165, 1.54) is 16.7 Å². The third-order valence-corrected chi connectivity index (χ3v) is 5.89. The summed E-state index contributed by atoms with van der Waals surface area (Å²) in [5.74, 6) is 1.00. The molecule has 0 aromatic rings. The summed E-state index contributed by atoms with van der Waals surface area (Å²) in [4.78, 5) is 26.9. The van der Waals surface area contributed by atoms with Gasteiger partial charge in [0.1, 0.15) is 6.04 Å². The van der Waals surface area contributed by atoms with Crippen LogP contribution in [0.15, 0.2) is 0 Å². The minimum Gasteiger partial charge on any atom is -0.480 e. The maximum atomic E-state index is 12.4. The standard InChI is InChI=1S/C11H18N2O3S2/c1-7-8(2)18-4-3-12(7)11(16)13-6-17-5-9(13)10(14)15/h7-9H,3-6H2,1-2H3,(H,14,15). The second kappa shape index (κ2) is 5.61. The lowest BCUT2D eigenvalue weighted by atomic mass is 10.2. The van der Waals surface area contributed by atoms with Crippen LogP contribution < -0.4 is 0 Å². The zero-order chi connectivity index (χ0) is 13.3. The highest BCUT2D eigenvalue weighted by atomic mass is 32.2. The second-order valence-electron chi connectivity index (χ2n) is 4.62. The Morgan fingerprint density at radius 3 is 2.67 bits per heavy atom. The van der Waals surface area contributed by atoms with Gasteiger partial charge in [0.05, 0.1) is 5.88 Å². The van der Waals surface area contributed by atoms with Crippen molar-refractivity contribution in [1.29, 1.82) is 0 Å². The molecule has 2 amide bonds. The zero-order valence-corrected chi connectivity index (χ0v) is 12.2. The Labute approximate surface area is 115 Å². The van der Waals surface area contributed by atoms with Crippen molar-refractivity contribution in [2.75, 3.05) is 23.9 Å². The van der Waals surface area contributed by atoms with Gasteiger partial charge in [0, 0.05) is 29.3 Å². The number of hydrogen-bond acceptors (Lipinski definition) is 4. The molecule has 2 aliphatic heterocycles. The number of amides is 2. The SMILES string of the molecule is CC1SCCN(C(=O)N2CSCC2C(=O)O)C1C. The Morgan fingerprint density at radius 1 is 1.28 bits per heavy atom. The van der Waals surface area contributed by atoms with Crippen LogP contribution in [0.3, 0.4) is 0 Å². The van der Waals surface area contributed by atoms with Gasteiger partial charge in [-0.3, -0.25) is 0 Å². The molecule has 3 unspecified atom stereocenters. The zero-order valence-electron chi connectivity index (χ0n) is 10.5. The van der Waals surface area contributed by atoms with E-state index in [0.717, 1.165) is 5.75 Å². The minimum atomic E-state index is -0.902. The molecule has 3 atom stereocenters. The van der Waals surface area contributed by atoms with E-state index < -0.39 is 12.0 Å². The van der Waals surface area contributed by atoms with Crippen LogP contribution in [-0.4, -0.2) is 68.2 Å². The Bertz CT molecular complexity index is 353. The molecule has 18 heavy (non-hydrogen) atoms. The third-order valence-electron chi connectivity index (χ3n) is 3.54. The van der Waals surface area contributed by atoms with E-state index in [2.05, 4.69) is 6.92 Å². The fourth-order valence-corrected chi connectivity index (χ4v) is 4.44. The first-order valence-corrected chi connectivity index (χ1v) is 8.22. The van der Waals surface area contributed by atoms with Crippen molar-refractivity contribution < 1.29 is 14.7 Å². The highest BCUT2D eigenvalue weighted by molar-refractivity contribution is 8.00. The van der Waals surface area contributed by atoms with Crippen molar-refractivity contribution in [3.05, 3.63) is 0 Å². The number of carbonyl (C=O) groups excluding carboxylic acids is 1. The van der Waals surface area contributed by atoms with Crippen LogP contribution >= 0.6 is 23.5 Å². The minimum absolute atomic E-state index is 0.118. The fraction of sp³-hybridized carbons (Fsp3) is 0.818. The molecule has 0 saturated carbocycles. The smallest absolute Gasteiger partial charge is 0.327 e. The Morgan fingerprint density at radius 2 is 2.00 bits per heavy atom. The average molecular weight is 290 g/mol. The molecule has 5 nitrogen and oxygen atoms in total. The summed E-state index contributed by atoms with van der Waals surface area (Å²) in [5.41, 5.74) is 0. The summed E-state index contributed by atoms with van der Waals surface area (Å²) in [7, 11) is 0. The number of rotatable bonds is 1. The van der Waals surface area contributed by atoms with Crippen LogP contribution in [0, 0.1) is 0 Å². The van der Waals surface area contributed by atoms with Crippen LogP contribution in [0.4, 0.5) is 4.79 Å². The lowest BCUT2D eigenvalue weighted by Gasteiger charge is -2.40. The summed E-state index contributed by atoms with van der Waals surface area (Å²) < 4.78 is 0. The number of thioether (sulfide) groups is 2. The van der Waals surface area contributed by atoms with Gasteiger partial charge >= 0.3 is 12.0 Å². The first-order chi connectivity index (χ1) is 8.52. The maximum Gasteiger partial charge on any atom is 0.327 e. The lowest BCUT2D eigenvalue weighted by Crippen LogP contribution is -2.55. The average Bonchev–Trinajstić information content (AvgIpc) is 2.81. The van der Waals surface area contributed by atoms with E-state index in [-0.39, 0.29) is 12.1 Å². The van der Waals surface area contributed by atoms with Gasteiger partial charge in [0.15, 0.2) is 0 Å². The molecule has 2 saturated heterocycles. The first-order valence-electron chi connectivity index (χ1n) is 6.01. The van der Waals surface area contributed by atoms with Crippen LogP contribution in [0.25, 0.3) is 0 Å². The molecule has 0 spiro atoms. The predicted molar refractivity (Wildman–Crippen MR) is 74.1 cm³/mol. The number of urea groups is 1. The van der Waals surface area contributed by atoms with Crippen LogP contribution in [-0.2, 0) is 4.79 Å². The third kappa shape index (κ3) is 2.56. The monoisotopic (exact) mass is 290 g/mol. The van der Waals surface area contributed by atoms with Gasteiger partial charge in [0.2, 0.25) is 0 Å². The van der Waals surface area contributed by atoms with E-state index in [0.29, 0.717) is 23.4 Å². The summed E-state index contributed by atoms with van der Waals surface area (Å²) in [5, 5.41) is 9.52. The highest BCUT2D eigenvalue weighted by Crippen LogP contribution is 2.28. The first kappa shape index (κ1) is 13.9. The summed E-state index contributed by atoms with van der Waals surface area (Å²) in [6, 6.07) is -0.622. The molecule has 102 valence electrons. The summed E-state index contributed by atoms with van der Waals surface area (Å²) in [6.07, 6.45) is 0. The topological polar surface area (TPSA) is 60.9 Å². The van der Waals surface area contributed by atoms with Crippen molar-refractivity contribution in [2.45, 2.75) is 31.2 Å². The molecule has 7 heteroatoms. The van der Waals surface area contributed by atoms with E-state index in [1.54, 1.807) is 0 Å². The van der Waals surface area contributed by atoms with Gasteiger partial charge in [-0.2, -0.15) is 11.8 Å². The largest absolute Gasteiger partial charge is 0.480 e. The summed E-state index contributed by atoms with van der Waals surface area (Å²) >= 11 is 3.37. The van der Waals surface area contributed by atoms with Crippen LogP contribution in [0.5, 0.6) is 0 Å². The van der Waals surface area contributed by atoms with Crippen LogP contribution in [0.1, 0.15) is 13.8 Å². The molecule has 2 fully saturated rings. The quantitative estimate of drug-likeness (QED) is 0.791. The molecule has 0 bridgehead atoms. The molecule has 1 N–H and O–H groups in total. The number of hydrogen-bond donors (Lipinski definition) is 1. The van der Waals surface area contributed by atoms with Gasteiger partial charge < -0.3 is 14.9 Å². The molecular weight excluding hydrogens is 272 g/mol. The van der Waals surface area contributed by atoms with Crippen molar-refractivity contribution in [1.82, 2.24) is 9.80 Å². The molecule has 2 aliphatic rings. The van der Waals surface area contributed by atoms with Crippen molar-refractivity contribution in [2.24, 2.45) is 0 Å². The molecular formula is C11H18N2O3S2. The van der Waals surface area contributed by atoms with Gasteiger partial charge in [-0.15, -0.1) is 11.8 Å². The lowest BCUT2D eigenvalue weighted by molar-refractivity contribution is -0.141. The number of carbonyl (C=O) groups is 2. The normalized spacial score (nSPS) is 32.7. The Balaban J connectivity index is 2.08. The molecule has 0 aliphatic carbocycles. The van der Waals surface area contributed by atoms with Gasteiger partial charge in [0.25, 0.3) is 0 Å². The van der Waals surface area contributed by atoms with Gasteiger partial charge in [-0.1, -0.05) is 6.92 Å². The number of nitrogens with zero attached hydrogens (tertiary/aromatic N) is 2. The number of carboxylic acid groups (broad SMARTS) is 1. The van der Waals surface area contributed by atoms with Crippen molar-refractivity contribution in [3.63, 3.8) is 0 Å². The van der Waals surface area contributed by atoms with Crippen LogP contribution in [0.2, 0.25) is 0 Å². The van der Waals surface area contributed by atoms with Crippen molar-refractivity contribution >= 4 is 35.5 Å². The Kier molecular flexibility index (Phi) is 4.32. The number of carboxylic acids is 1. The molecule has 2 heterocycles. The number of aliphatic carboxylic acids is 1. The molecule has 0 aromatic heterocycles. The summed E-state index contributed by atoms with van der Waals surface area (Å²) in [6.45, 7) is 4.86. The predicted octanol–water partition coefficient (Wildman–Crippen LogP) is 1.39. The molecule has 2 rings (SSSR count). The fourth-order valence-electron chi connectivity index (χ4n) is 2.20.